The van der Waals surface area contributed by atoms with Crippen molar-refractivity contribution in [3.8, 4) is 5.75 Å². The third-order valence-corrected chi connectivity index (χ3v) is 4.28. The van der Waals surface area contributed by atoms with Crippen LogP contribution in [0.1, 0.15) is 18.4 Å². The summed E-state index contributed by atoms with van der Waals surface area (Å²) in [5.41, 5.74) is 7.74. The van der Waals surface area contributed by atoms with Gasteiger partial charge in [-0.2, -0.15) is 0 Å². The number of piperazine rings is 1. The molecule has 2 fully saturated rings. The lowest BCUT2D eigenvalue weighted by molar-refractivity contribution is -0.130. The van der Waals surface area contributed by atoms with Gasteiger partial charge in [0.15, 0.2) is 0 Å². The summed E-state index contributed by atoms with van der Waals surface area (Å²) in [5.74, 6) is 1.19. The van der Waals surface area contributed by atoms with Gasteiger partial charge in [0, 0.05) is 49.9 Å². The maximum absolute atomic E-state index is 11.7. The number of methoxy groups -OCH3 is 1. The van der Waals surface area contributed by atoms with E-state index in [4.69, 9.17) is 10.5 Å². The van der Waals surface area contributed by atoms with Gasteiger partial charge in [0.05, 0.1) is 7.11 Å². The Bertz CT molecular complexity index is 518. The van der Waals surface area contributed by atoms with Crippen molar-refractivity contribution >= 4 is 11.6 Å². The molecule has 1 atom stereocenters. The minimum absolute atomic E-state index is 0.316. The summed E-state index contributed by atoms with van der Waals surface area (Å²) < 4.78 is 5.40. The quantitative estimate of drug-likeness (QED) is 0.839. The Labute approximate surface area is 119 Å². The Morgan fingerprint density at radius 2 is 2.25 bits per heavy atom. The molecule has 1 unspecified atom stereocenters. The number of hydrogen-bond donors (Lipinski definition) is 1. The van der Waals surface area contributed by atoms with Crippen LogP contribution < -0.4 is 10.5 Å². The predicted molar refractivity (Wildman–Crippen MR) is 77.4 cm³/mol. The molecule has 0 bridgehead atoms. The number of rotatable bonds is 3. The normalized spacial score (nSPS) is 22.9. The van der Waals surface area contributed by atoms with E-state index in [1.54, 1.807) is 7.11 Å². The van der Waals surface area contributed by atoms with Crippen molar-refractivity contribution < 1.29 is 9.53 Å². The molecule has 0 radical (unpaired) electrons. The summed E-state index contributed by atoms with van der Waals surface area (Å²) in [4.78, 5) is 16.1. The highest BCUT2D eigenvalue weighted by atomic mass is 16.5. The molecule has 2 N–H and O–H groups in total. The second kappa shape index (κ2) is 5.32. The number of benzene rings is 1. The first-order chi connectivity index (χ1) is 9.67. The molecule has 108 valence electrons. The van der Waals surface area contributed by atoms with Gasteiger partial charge in [0.25, 0.3) is 0 Å². The number of carbonyl (C=O) groups excluding carboxylic acids is 1. The summed E-state index contributed by atoms with van der Waals surface area (Å²) in [6.07, 6.45) is 1.70. The summed E-state index contributed by atoms with van der Waals surface area (Å²) in [6, 6.07) is 6.14. The van der Waals surface area contributed by atoms with E-state index >= 15 is 0 Å². The zero-order valence-corrected chi connectivity index (χ0v) is 11.8. The van der Waals surface area contributed by atoms with Gasteiger partial charge in [-0.3, -0.25) is 9.69 Å². The number of hydrogen-bond acceptors (Lipinski definition) is 4. The van der Waals surface area contributed by atoms with Crippen LogP contribution in [-0.4, -0.2) is 48.5 Å². The number of nitrogens with zero attached hydrogens (tertiary/aromatic N) is 2. The molecule has 1 amide bonds. The van der Waals surface area contributed by atoms with Crippen LogP contribution in [0.3, 0.4) is 0 Å². The molecular formula is C15H21N3O2. The van der Waals surface area contributed by atoms with Gasteiger partial charge in [0.1, 0.15) is 5.75 Å². The fraction of sp³-hybridized carbons (Fsp3) is 0.533. The lowest BCUT2D eigenvalue weighted by Crippen LogP contribution is -2.50. The van der Waals surface area contributed by atoms with Gasteiger partial charge in [-0.1, -0.05) is 0 Å². The van der Waals surface area contributed by atoms with E-state index < -0.39 is 0 Å². The fourth-order valence-corrected chi connectivity index (χ4v) is 3.24. The first kappa shape index (κ1) is 13.2. The molecule has 3 rings (SSSR count). The highest BCUT2D eigenvalue weighted by Gasteiger charge is 2.35. The van der Waals surface area contributed by atoms with Gasteiger partial charge >= 0.3 is 0 Å². The van der Waals surface area contributed by atoms with Gasteiger partial charge in [-0.15, -0.1) is 0 Å². The molecule has 5 nitrogen and oxygen atoms in total. The molecule has 2 aliphatic heterocycles. The maximum atomic E-state index is 11.7. The zero-order chi connectivity index (χ0) is 14.1. The van der Waals surface area contributed by atoms with E-state index in [9.17, 15) is 4.79 Å². The van der Waals surface area contributed by atoms with Crippen molar-refractivity contribution in [1.29, 1.82) is 0 Å². The van der Waals surface area contributed by atoms with E-state index in [1.807, 2.05) is 23.1 Å². The van der Waals surface area contributed by atoms with E-state index in [1.165, 1.54) is 0 Å². The van der Waals surface area contributed by atoms with Crippen molar-refractivity contribution in [1.82, 2.24) is 9.80 Å². The van der Waals surface area contributed by atoms with Crippen molar-refractivity contribution in [3.05, 3.63) is 23.8 Å². The van der Waals surface area contributed by atoms with Gasteiger partial charge in [0.2, 0.25) is 5.91 Å². The van der Waals surface area contributed by atoms with Crippen LogP contribution in [0.15, 0.2) is 18.2 Å². The van der Waals surface area contributed by atoms with Crippen LogP contribution in [0.4, 0.5) is 5.69 Å². The Balaban J connectivity index is 1.70. The number of anilines is 1. The lowest BCUT2D eigenvalue weighted by atomic mass is 10.1. The van der Waals surface area contributed by atoms with Crippen molar-refractivity contribution in [3.63, 3.8) is 0 Å². The standard InChI is InChI=1S/C15H21N3O2/c1-20-14-4-2-12(16)8-11(14)9-17-6-7-18-13(10-17)3-5-15(18)19/h2,4,8,13H,3,5-7,9-10,16H2,1H3. The average Bonchev–Trinajstić information content (AvgIpc) is 2.80. The molecule has 0 spiro atoms. The third kappa shape index (κ3) is 2.45. The summed E-state index contributed by atoms with van der Waals surface area (Å²) in [5, 5.41) is 0. The van der Waals surface area contributed by atoms with Crippen LogP contribution >= 0.6 is 0 Å². The molecule has 20 heavy (non-hydrogen) atoms. The molecule has 2 heterocycles. The summed E-state index contributed by atoms with van der Waals surface area (Å²) in [7, 11) is 1.68. The van der Waals surface area contributed by atoms with Crippen LogP contribution in [0, 0.1) is 0 Å². The number of carbonyl (C=O) groups is 1. The van der Waals surface area contributed by atoms with E-state index in [-0.39, 0.29) is 0 Å². The maximum Gasteiger partial charge on any atom is 0.222 e. The third-order valence-electron chi connectivity index (χ3n) is 4.28. The second-order valence-corrected chi connectivity index (χ2v) is 5.59. The fourth-order valence-electron chi connectivity index (χ4n) is 3.24. The zero-order valence-electron chi connectivity index (χ0n) is 11.8. The summed E-state index contributed by atoms with van der Waals surface area (Å²) in [6.45, 7) is 3.53. The smallest absolute Gasteiger partial charge is 0.222 e. The average molecular weight is 275 g/mol. The largest absolute Gasteiger partial charge is 0.496 e. The Morgan fingerprint density at radius 1 is 1.40 bits per heavy atom. The minimum Gasteiger partial charge on any atom is -0.496 e. The lowest BCUT2D eigenvalue weighted by Gasteiger charge is -2.37. The Morgan fingerprint density at radius 3 is 3.05 bits per heavy atom. The molecule has 5 heteroatoms. The number of nitrogens with two attached hydrogens (primary N) is 1. The highest BCUT2D eigenvalue weighted by Crippen LogP contribution is 2.27. The predicted octanol–water partition coefficient (Wildman–Crippen LogP) is 1.08. The van der Waals surface area contributed by atoms with Crippen molar-refractivity contribution in [2.75, 3.05) is 32.5 Å². The molecule has 2 aliphatic rings. The molecular weight excluding hydrogens is 254 g/mol. The highest BCUT2D eigenvalue weighted by molar-refractivity contribution is 5.78. The van der Waals surface area contributed by atoms with E-state index in [0.29, 0.717) is 18.4 Å². The van der Waals surface area contributed by atoms with E-state index in [2.05, 4.69) is 4.90 Å². The van der Waals surface area contributed by atoms with Gasteiger partial charge < -0.3 is 15.4 Å². The second-order valence-electron chi connectivity index (χ2n) is 5.59. The monoisotopic (exact) mass is 275 g/mol. The summed E-state index contributed by atoms with van der Waals surface area (Å²) >= 11 is 0. The molecule has 2 saturated heterocycles. The van der Waals surface area contributed by atoms with E-state index in [0.717, 1.165) is 49.6 Å². The van der Waals surface area contributed by atoms with Crippen LogP contribution in [0.25, 0.3) is 0 Å². The van der Waals surface area contributed by atoms with Crippen LogP contribution in [-0.2, 0) is 11.3 Å². The van der Waals surface area contributed by atoms with Crippen molar-refractivity contribution in [2.45, 2.75) is 25.4 Å². The van der Waals surface area contributed by atoms with Crippen molar-refractivity contribution in [2.24, 2.45) is 0 Å². The topological polar surface area (TPSA) is 58.8 Å². The SMILES string of the molecule is COc1ccc(N)cc1CN1CCN2C(=O)CCC2C1. The number of nitrogen functional groups attached to an aromatic ring is 1. The molecule has 1 aromatic carbocycles. The first-order valence-electron chi connectivity index (χ1n) is 7.11. The Kier molecular flexibility index (Phi) is 3.53. The van der Waals surface area contributed by atoms with Gasteiger partial charge in [-0.25, -0.2) is 0 Å². The number of ether oxygens (including phenoxy) is 1. The molecule has 0 aromatic heterocycles. The van der Waals surface area contributed by atoms with Crippen LogP contribution in [0.2, 0.25) is 0 Å². The van der Waals surface area contributed by atoms with Gasteiger partial charge in [-0.05, 0) is 24.6 Å². The number of amides is 1. The molecule has 0 saturated carbocycles. The first-order valence-corrected chi connectivity index (χ1v) is 7.11. The van der Waals surface area contributed by atoms with Crippen LogP contribution in [0.5, 0.6) is 5.75 Å². The molecule has 0 aliphatic carbocycles. The minimum atomic E-state index is 0.316. The Hall–Kier alpha value is -1.75. The number of fused-ring (bicyclic) bond motifs is 1. The molecule has 1 aromatic rings.